The molecule has 1 saturated heterocycles. The van der Waals surface area contributed by atoms with Gasteiger partial charge in [0, 0.05) is 26.2 Å². The van der Waals surface area contributed by atoms with Crippen molar-refractivity contribution in [2.24, 2.45) is 0 Å². The number of anilines is 1. The fraction of sp³-hybridized carbons (Fsp3) is 0.381. The molecule has 1 aliphatic heterocycles. The number of piperazine rings is 1. The first kappa shape index (κ1) is 18.2. The van der Waals surface area contributed by atoms with Crippen molar-refractivity contribution in [1.82, 2.24) is 4.90 Å². The molecule has 1 fully saturated rings. The molecule has 0 N–H and O–H groups in total. The van der Waals surface area contributed by atoms with Crippen molar-refractivity contribution >= 4 is 11.6 Å². The van der Waals surface area contributed by atoms with Crippen molar-refractivity contribution in [3.63, 3.8) is 0 Å². The molecule has 0 atom stereocenters. The molecule has 2 aromatic carbocycles. The van der Waals surface area contributed by atoms with Crippen molar-refractivity contribution in [3.8, 4) is 5.75 Å². The van der Waals surface area contributed by atoms with E-state index in [9.17, 15) is 9.18 Å². The third kappa shape index (κ3) is 4.15. The molecule has 0 bridgehead atoms. The molecule has 0 aliphatic carbocycles. The quantitative estimate of drug-likeness (QED) is 0.821. The molecule has 1 aliphatic rings. The summed E-state index contributed by atoms with van der Waals surface area (Å²) >= 11 is 0. The first-order valence-electron chi connectivity index (χ1n) is 9.02. The molecule has 5 heteroatoms. The van der Waals surface area contributed by atoms with Gasteiger partial charge in [-0.1, -0.05) is 24.3 Å². The summed E-state index contributed by atoms with van der Waals surface area (Å²) in [6.07, 6.45) is 0.354. The summed E-state index contributed by atoms with van der Waals surface area (Å²) in [5.41, 5.74) is 2.90. The Kier molecular flexibility index (Phi) is 5.76. The number of para-hydroxylation sites is 1. The summed E-state index contributed by atoms with van der Waals surface area (Å²) in [5.74, 6) is 0.708. The number of carbonyl (C=O) groups is 1. The average Bonchev–Trinajstić information content (AvgIpc) is 2.65. The van der Waals surface area contributed by atoms with Crippen LogP contribution in [0.15, 0.2) is 42.5 Å². The van der Waals surface area contributed by atoms with E-state index in [1.165, 1.54) is 11.6 Å². The largest absolute Gasteiger partial charge is 0.493 e. The van der Waals surface area contributed by atoms with E-state index in [0.717, 1.165) is 11.3 Å². The second-order valence-corrected chi connectivity index (χ2v) is 6.62. The number of rotatable bonds is 5. The van der Waals surface area contributed by atoms with Crippen LogP contribution in [0.1, 0.15) is 17.5 Å². The van der Waals surface area contributed by atoms with Crippen LogP contribution < -0.4 is 9.64 Å². The Bertz CT molecular complexity index is 770. The minimum atomic E-state index is -0.214. The zero-order valence-corrected chi connectivity index (χ0v) is 15.4. The third-order valence-corrected chi connectivity index (χ3v) is 4.95. The second-order valence-electron chi connectivity index (χ2n) is 6.62. The van der Waals surface area contributed by atoms with E-state index in [1.807, 2.05) is 47.9 Å². The maximum Gasteiger partial charge on any atom is 0.226 e. The molecule has 0 aromatic heterocycles. The Morgan fingerprint density at radius 3 is 2.50 bits per heavy atom. The Morgan fingerprint density at radius 1 is 1.04 bits per heavy atom. The van der Waals surface area contributed by atoms with E-state index in [-0.39, 0.29) is 11.7 Å². The Balaban J connectivity index is 1.47. The van der Waals surface area contributed by atoms with Crippen LogP contribution in [0.2, 0.25) is 0 Å². The molecule has 0 unspecified atom stereocenters. The van der Waals surface area contributed by atoms with Gasteiger partial charge in [0.15, 0.2) is 0 Å². The molecule has 1 heterocycles. The van der Waals surface area contributed by atoms with Crippen LogP contribution in [-0.2, 0) is 4.79 Å². The van der Waals surface area contributed by atoms with Crippen molar-refractivity contribution in [2.45, 2.75) is 20.3 Å². The highest BCUT2D eigenvalue weighted by molar-refractivity contribution is 5.76. The lowest BCUT2D eigenvalue weighted by molar-refractivity contribution is -0.132. The summed E-state index contributed by atoms with van der Waals surface area (Å²) in [7, 11) is 0. The summed E-state index contributed by atoms with van der Waals surface area (Å²) in [4.78, 5) is 16.2. The molecule has 1 amide bonds. The fourth-order valence-electron chi connectivity index (χ4n) is 3.19. The van der Waals surface area contributed by atoms with Gasteiger partial charge >= 0.3 is 0 Å². The van der Waals surface area contributed by atoms with Crippen LogP contribution >= 0.6 is 0 Å². The molecule has 0 radical (unpaired) electrons. The van der Waals surface area contributed by atoms with Gasteiger partial charge in [-0.3, -0.25) is 4.79 Å². The maximum atomic E-state index is 13.9. The number of benzene rings is 2. The van der Waals surface area contributed by atoms with Gasteiger partial charge < -0.3 is 14.5 Å². The van der Waals surface area contributed by atoms with Crippen LogP contribution in [-0.4, -0.2) is 43.6 Å². The van der Waals surface area contributed by atoms with Gasteiger partial charge in [-0.05, 0) is 43.2 Å². The summed E-state index contributed by atoms with van der Waals surface area (Å²) in [5, 5.41) is 0. The molecule has 0 saturated carbocycles. The van der Waals surface area contributed by atoms with Gasteiger partial charge in [-0.15, -0.1) is 0 Å². The third-order valence-electron chi connectivity index (χ3n) is 4.95. The number of nitrogens with zero attached hydrogens (tertiary/aromatic N) is 2. The highest BCUT2D eigenvalue weighted by Crippen LogP contribution is 2.22. The van der Waals surface area contributed by atoms with E-state index < -0.39 is 0 Å². The SMILES string of the molecule is Cc1cccc(OCCC(=O)N2CCN(c3ccccc3F)CC2)c1C. The number of hydrogen-bond acceptors (Lipinski definition) is 3. The van der Waals surface area contributed by atoms with Gasteiger partial charge in [0.05, 0.1) is 18.7 Å². The zero-order chi connectivity index (χ0) is 18.5. The molecule has 138 valence electrons. The van der Waals surface area contributed by atoms with E-state index in [0.29, 0.717) is 44.9 Å². The monoisotopic (exact) mass is 356 g/mol. The topological polar surface area (TPSA) is 32.8 Å². The molecule has 4 nitrogen and oxygen atoms in total. The van der Waals surface area contributed by atoms with Gasteiger partial charge in [-0.25, -0.2) is 4.39 Å². The van der Waals surface area contributed by atoms with E-state index in [2.05, 4.69) is 0 Å². The van der Waals surface area contributed by atoms with E-state index >= 15 is 0 Å². The zero-order valence-electron chi connectivity index (χ0n) is 15.4. The van der Waals surface area contributed by atoms with Crippen LogP contribution in [0.25, 0.3) is 0 Å². The average molecular weight is 356 g/mol. The number of aryl methyl sites for hydroxylation is 1. The molecule has 2 aromatic rings. The number of halogens is 1. The number of carbonyl (C=O) groups excluding carboxylic acids is 1. The van der Waals surface area contributed by atoms with Crippen LogP contribution in [0.4, 0.5) is 10.1 Å². The summed E-state index contributed by atoms with van der Waals surface area (Å²) < 4.78 is 19.7. The van der Waals surface area contributed by atoms with Gasteiger partial charge in [0.1, 0.15) is 11.6 Å². The van der Waals surface area contributed by atoms with E-state index in [4.69, 9.17) is 4.74 Å². The highest BCUT2D eigenvalue weighted by Gasteiger charge is 2.22. The minimum absolute atomic E-state index is 0.0866. The molecule has 3 rings (SSSR count). The van der Waals surface area contributed by atoms with Gasteiger partial charge in [0.25, 0.3) is 0 Å². The molecular formula is C21H25FN2O2. The van der Waals surface area contributed by atoms with Gasteiger partial charge in [-0.2, -0.15) is 0 Å². The lowest BCUT2D eigenvalue weighted by atomic mass is 10.1. The smallest absolute Gasteiger partial charge is 0.226 e. The lowest BCUT2D eigenvalue weighted by Crippen LogP contribution is -2.49. The second kappa shape index (κ2) is 8.21. The summed E-state index contributed by atoms with van der Waals surface area (Å²) in [6.45, 7) is 6.94. The molecular weight excluding hydrogens is 331 g/mol. The predicted molar refractivity (Wildman–Crippen MR) is 101 cm³/mol. The van der Waals surface area contributed by atoms with Crippen LogP contribution in [0.3, 0.4) is 0 Å². The van der Waals surface area contributed by atoms with Crippen molar-refractivity contribution in [1.29, 1.82) is 0 Å². The maximum absolute atomic E-state index is 13.9. The van der Waals surface area contributed by atoms with Crippen molar-refractivity contribution in [2.75, 3.05) is 37.7 Å². The number of ether oxygens (including phenoxy) is 1. The standard InChI is InChI=1S/C21H25FN2O2/c1-16-6-5-9-20(17(16)2)26-15-10-21(25)24-13-11-23(12-14-24)19-8-4-3-7-18(19)22/h3-9H,10-15H2,1-2H3. The van der Waals surface area contributed by atoms with Gasteiger partial charge in [0.2, 0.25) is 5.91 Å². The first-order valence-corrected chi connectivity index (χ1v) is 9.02. The number of hydrogen-bond donors (Lipinski definition) is 0. The lowest BCUT2D eigenvalue weighted by Gasteiger charge is -2.36. The van der Waals surface area contributed by atoms with Crippen molar-refractivity contribution in [3.05, 3.63) is 59.4 Å². The molecule has 0 spiro atoms. The van der Waals surface area contributed by atoms with Crippen LogP contribution in [0, 0.1) is 19.7 Å². The minimum Gasteiger partial charge on any atom is -0.493 e. The predicted octanol–water partition coefficient (Wildman–Crippen LogP) is 3.56. The summed E-state index contributed by atoms with van der Waals surface area (Å²) in [6, 6.07) is 12.7. The molecule has 26 heavy (non-hydrogen) atoms. The number of amides is 1. The Hall–Kier alpha value is -2.56. The normalized spacial score (nSPS) is 14.4. The fourth-order valence-corrected chi connectivity index (χ4v) is 3.19. The Labute approximate surface area is 154 Å². The Morgan fingerprint density at radius 2 is 1.77 bits per heavy atom. The first-order chi connectivity index (χ1) is 12.6. The highest BCUT2D eigenvalue weighted by atomic mass is 19.1. The van der Waals surface area contributed by atoms with Crippen LogP contribution in [0.5, 0.6) is 5.75 Å². The van der Waals surface area contributed by atoms with E-state index in [1.54, 1.807) is 12.1 Å². The van der Waals surface area contributed by atoms with Crippen molar-refractivity contribution < 1.29 is 13.9 Å².